The van der Waals surface area contributed by atoms with Gasteiger partial charge in [-0.3, -0.25) is 0 Å². The van der Waals surface area contributed by atoms with Gasteiger partial charge in [-0.1, -0.05) is 11.6 Å². The number of halogens is 1. The van der Waals surface area contributed by atoms with Crippen LogP contribution in [0.3, 0.4) is 0 Å². The van der Waals surface area contributed by atoms with Crippen LogP contribution < -0.4 is 5.73 Å². The van der Waals surface area contributed by atoms with Gasteiger partial charge in [0.25, 0.3) is 0 Å². The van der Waals surface area contributed by atoms with Gasteiger partial charge in [-0.05, 0) is 18.2 Å². The van der Waals surface area contributed by atoms with Crippen molar-refractivity contribution in [1.29, 1.82) is 0 Å². The molecule has 2 aromatic rings. The lowest BCUT2D eigenvalue weighted by Crippen LogP contribution is -1.95. The average molecular weight is 211 g/mol. The van der Waals surface area contributed by atoms with E-state index in [4.69, 9.17) is 22.4 Å². The number of rotatable bonds is 1. The molecule has 0 saturated carbocycles. The summed E-state index contributed by atoms with van der Waals surface area (Å²) in [6, 6.07) is 4.63. The van der Waals surface area contributed by atoms with Gasteiger partial charge in [0, 0.05) is 10.9 Å². The molecular weight excluding hydrogens is 204 g/mol. The molecule has 2 rings (SSSR count). The number of anilines is 1. The van der Waals surface area contributed by atoms with Crippen molar-refractivity contribution in [3.8, 4) is 0 Å². The minimum atomic E-state index is -0.983. The molecule has 0 atom stereocenters. The van der Waals surface area contributed by atoms with Crippen LogP contribution in [0.15, 0.2) is 18.2 Å². The maximum atomic E-state index is 10.7. The topological polar surface area (TPSA) is 79.1 Å². The van der Waals surface area contributed by atoms with Crippen molar-refractivity contribution in [3.05, 3.63) is 28.9 Å². The first kappa shape index (κ1) is 8.90. The third-order valence-corrected chi connectivity index (χ3v) is 2.34. The van der Waals surface area contributed by atoms with Gasteiger partial charge in [0.05, 0.1) is 11.3 Å². The van der Waals surface area contributed by atoms with Crippen LogP contribution in [0.4, 0.5) is 5.69 Å². The molecule has 0 aliphatic carbocycles. The summed E-state index contributed by atoms with van der Waals surface area (Å²) >= 11 is 5.76. The monoisotopic (exact) mass is 210 g/mol. The molecule has 0 bridgehead atoms. The molecule has 0 radical (unpaired) electrons. The molecule has 0 fully saturated rings. The molecule has 4 N–H and O–H groups in total. The number of benzene rings is 1. The van der Waals surface area contributed by atoms with Crippen molar-refractivity contribution >= 4 is 34.2 Å². The van der Waals surface area contributed by atoms with Crippen LogP contribution in [0.5, 0.6) is 0 Å². The molecule has 0 aliphatic heterocycles. The molecule has 1 aromatic heterocycles. The molecule has 72 valence electrons. The maximum Gasteiger partial charge on any atom is 0.335 e. The predicted molar refractivity (Wildman–Crippen MR) is 54.7 cm³/mol. The summed E-state index contributed by atoms with van der Waals surface area (Å²) in [6.45, 7) is 0. The zero-order valence-electron chi connectivity index (χ0n) is 7.04. The zero-order chi connectivity index (χ0) is 10.3. The molecule has 1 heterocycles. The number of aromatic nitrogens is 1. The van der Waals surface area contributed by atoms with Crippen LogP contribution >= 0.6 is 11.6 Å². The Hall–Kier alpha value is -1.68. The summed E-state index contributed by atoms with van der Waals surface area (Å²) in [6.07, 6.45) is 0. The zero-order valence-corrected chi connectivity index (χ0v) is 7.80. The van der Waals surface area contributed by atoms with E-state index in [9.17, 15) is 4.79 Å². The quantitative estimate of drug-likeness (QED) is 0.675. The lowest BCUT2D eigenvalue weighted by Gasteiger charge is -1.94. The number of carbonyl (C=O) groups is 1. The summed E-state index contributed by atoms with van der Waals surface area (Å²) < 4.78 is 0. The van der Waals surface area contributed by atoms with Gasteiger partial charge in [-0.2, -0.15) is 0 Å². The summed E-state index contributed by atoms with van der Waals surface area (Å²) in [7, 11) is 0. The number of carboxylic acids is 1. The molecule has 0 spiro atoms. The van der Waals surface area contributed by atoms with Crippen LogP contribution in [0.25, 0.3) is 10.9 Å². The Morgan fingerprint density at radius 3 is 2.86 bits per heavy atom. The van der Waals surface area contributed by atoms with E-state index in [-0.39, 0.29) is 5.56 Å². The second-order valence-corrected chi connectivity index (χ2v) is 3.30. The van der Waals surface area contributed by atoms with Crippen molar-refractivity contribution in [1.82, 2.24) is 4.98 Å². The molecule has 5 heteroatoms. The largest absolute Gasteiger partial charge is 0.478 e. The number of fused-ring (bicyclic) bond motifs is 1. The van der Waals surface area contributed by atoms with Crippen LogP contribution in [-0.4, -0.2) is 16.1 Å². The second kappa shape index (κ2) is 2.92. The molecule has 0 saturated heterocycles. The van der Waals surface area contributed by atoms with Crippen LogP contribution in [0, 0.1) is 0 Å². The fraction of sp³-hybridized carbons (Fsp3) is 0. The van der Waals surface area contributed by atoms with Gasteiger partial charge >= 0.3 is 5.97 Å². The Bertz CT molecular complexity index is 519. The minimum Gasteiger partial charge on any atom is -0.478 e. The first-order valence-corrected chi connectivity index (χ1v) is 4.27. The number of hydrogen-bond donors (Lipinski definition) is 3. The number of aromatic amines is 1. The van der Waals surface area contributed by atoms with Gasteiger partial charge < -0.3 is 15.8 Å². The molecule has 0 unspecified atom stereocenters. The van der Waals surface area contributed by atoms with E-state index in [0.29, 0.717) is 16.2 Å². The van der Waals surface area contributed by atoms with E-state index in [0.717, 1.165) is 5.52 Å². The van der Waals surface area contributed by atoms with Crippen LogP contribution in [0.1, 0.15) is 10.4 Å². The molecular formula is C9H7ClN2O2. The number of nitrogens with one attached hydrogen (secondary N) is 1. The fourth-order valence-corrected chi connectivity index (χ4v) is 1.52. The Balaban J connectivity index is 2.76. The summed E-state index contributed by atoms with van der Waals surface area (Å²) in [5.74, 6) is -0.983. The summed E-state index contributed by atoms with van der Waals surface area (Å²) in [5, 5.41) is 9.73. The van der Waals surface area contributed by atoms with E-state index in [1.165, 1.54) is 12.1 Å². The normalized spacial score (nSPS) is 10.6. The lowest BCUT2D eigenvalue weighted by atomic mass is 10.1. The second-order valence-electron chi connectivity index (χ2n) is 2.92. The Labute approximate surface area is 84.3 Å². The molecule has 14 heavy (non-hydrogen) atoms. The van der Waals surface area contributed by atoms with Gasteiger partial charge in [0.2, 0.25) is 0 Å². The number of hydrogen-bond acceptors (Lipinski definition) is 2. The molecule has 4 nitrogen and oxygen atoms in total. The highest BCUT2D eigenvalue weighted by molar-refractivity contribution is 6.34. The van der Waals surface area contributed by atoms with Crippen molar-refractivity contribution < 1.29 is 9.90 Å². The van der Waals surface area contributed by atoms with Gasteiger partial charge in [-0.25, -0.2) is 4.79 Å². The van der Waals surface area contributed by atoms with Crippen molar-refractivity contribution in [2.24, 2.45) is 0 Å². The Morgan fingerprint density at radius 2 is 2.21 bits per heavy atom. The van der Waals surface area contributed by atoms with Gasteiger partial charge in [0.15, 0.2) is 0 Å². The number of carboxylic acid groups (broad SMARTS) is 1. The number of H-pyrrole nitrogens is 1. The van der Waals surface area contributed by atoms with Crippen LogP contribution in [-0.2, 0) is 0 Å². The van der Waals surface area contributed by atoms with E-state index < -0.39 is 5.97 Å². The standard InChI is InChI=1S/C9H7ClN2O2/c10-8-7(11)5-3-4(9(13)14)1-2-6(5)12-8/h1-3,12H,11H2,(H,13,14). The van der Waals surface area contributed by atoms with E-state index in [1.807, 2.05) is 0 Å². The highest BCUT2D eigenvalue weighted by Crippen LogP contribution is 2.28. The lowest BCUT2D eigenvalue weighted by molar-refractivity contribution is 0.0697. The number of aromatic carboxylic acids is 1. The van der Waals surface area contributed by atoms with Crippen molar-refractivity contribution in [2.45, 2.75) is 0 Å². The maximum absolute atomic E-state index is 10.7. The van der Waals surface area contributed by atoms with Crippen molar-refractivity contribution in [3.63, 3.8) is 0 Å². The van der Waals surface area contributed by atoms with Crippen LogP contribution in [0.2, 0.25) is 5.15 Å². The predicted octanol–water partition coefficient (Wildman–Crippen LogP) is 2.10. The minimum absolute atomic E-state index is 0.194. The molecule has 1 aromatic carbocycles. The highest BCUT2D eigenvalue weighted by Gasteiger charge is 2.09. The Morgan fingerprint density at radius 1 is 1.50 bits per heavy atom. The third kappa shape index (κ3) is 1.20. The number of nitrogen functional groups attached to an aromatic ring is 1. The average Bonchev–Trinajstić information content (AvgIpc) is 2.43. The molecule has 0 amide bonds. The first-order chi connectivity index (χ1) is 6.59. The smallest absolute Gasteiger partial charge is 0.335 e. The first-order valence-electron chi connectivity index (χ1n) is 3.89. The van der Waals surface area contributed by atoms with E-state index >= 15 is 0 Å². The summed E-state index contributed by atoms with van der Waals surface area (Å²) in [5.41, 5.74) is 6.96. The SMILES string of the molecule is Nc1c(Cl)[nH]c2ccc(C(=O)O)cc12. The number of nitrogens with two attached hydrogens (primary N) is 1. The van der Waals surface area contributed by atoms with E-state index in [2.05, 4.69) is 4.98 Å². The van der Waals surface area contributed by atoms with E-state index in [1.54, 1.807) is 6.07 Å². The molecule has 0 aliphatic rings. The van der Waals surface area contributed by atoms with Crippen molar-refractivity contribution in [2.75, 3.05) is 5.73 Å². The van der Waals surface area contributed by atoms with Gasteiger partial charge in [-0.15, -0.1) is 0 Å². The third-order valence-electron chi connectivity index (χ3n) is 2.04. The van der Waals surface area contributed by atoms with Gasteiger partial charge in [0.1, 0.15) is 5.15 Å². The summed E-state index contributed by atoms with van der Waals surface area (Å²) in [4.78, 5) is 13.5. The highest BCUT2D eigenvalue weighted by atomic mass is 35.5. The Kier molecular flexibility index (Phi) is 1.86. The fourth-order valence-electron chi connectivity index (χ4n) is 1.31.